The molecule has 3 aliphatic carbocycles. The van der Waals surface area contributed by atoms with Gasteiger partial charge in [0.1, 0.15) is 30.3 Å². The first kappa shape index (κ1) is 34.5. The minimum absolute atomic E-state index is 0.0331. The number of ether oxygens (including phenoxy) is 3. The average Bonchev–Trinajstić information content (AvgIpc) is 3.75. The lowest BCUT2D eigenvalue weighted by Gasteiger charge is -2.35. The van der Waals surface area contributed by atoms with E-state index in [1.54, 1.807) is 0 Å². The van der Waals surface area contributed by atoms with Crippen LogP contribution in [-0.4, -0.2) is 41.5 Å². The molecule has 1 fully saturated rings. The largest absolute Gasteiger partial charge is 0.487 e. The van der Waals surface area contributed by atoms with Crippen LogP contribution in [0, 0.1) is 17.7 Å². The van der Waals surface area contributed by atoms with Crippen LogP contribution in [0.1, 0.15) is 69.0 Å². The van der Waals surface area contributed by atoms with Gasteiger partial charge in [-0.15, -0.1) is 0 Å². The van der Waals surface area contributed by atoms with Crippen molar-refractivity contribution in [2.45, 2.75) is 58.5 Å². The second-order valence-corrected chi connectivity index (χ2v) is 12.9. The minimum atomic E-state index is -1.30. The van der Waals surface area contributed by atoms with Gasteiger partial charge < -0.3 is 29.2 Å². The maximum Gasteiger partial charge on any atom is 0.265 e. The monoisotopic (exact) mass is 732 g/mol. The van der Waals surface area contributed by atoms with Crippen LogP contribution in [0.25, 0.3) is 0 Å². The SMILES string of the molecule is CC.CNC.O=C1C2=C3O[C@]34C(=O)c3c(OCc5ccccc5)noc3C[C@@H]4CC2Cc2c(F)c(CO)c(Br)c(OCc3ccccc3)c21. The average molecular weight is 734 g/mol. The highest BCUT2D eigenvalue weighted by Gasteiger charge is 2.72. The third kappa shape index (κ3) is 5.87. The maximum absolute atomic E-state index is 15.9. The van der Waals surface area contributed by atoms with Gasteiger partial charge in [-0.2, -0.15) is 0 Å². The Balaban J connectivity index is 0.000000792. The number of ketones is 2. The summed E-state index contributed by atoms with van der Waals surface area (Å²) in [6.45, 7) is 3.77. The number of carbonyl (C=O) groups excluding carboxylic acids is 2. The van der Waals surface area contributed by atoms with Gasteiger partial charge in [0.15, 0.2) is 17.3 Å². The first-order valence-corrected chi connectivity index (χ1v) is 17.2. The molecule has 3 aromatic carbocycles. The van der Waals surface area contributed by atoms with Crippen LogP contribution in [0.2, 0.25) is 0 Å². The molecular formula is C38H38BrFN2O7. The third-order valence-electron chi connectivity index (χ3n) is 9.13. The molecule has 0 amide bonds. The van der Waals surface area contributed by atoms with Crippen molar-refractivity contribution in [3.63, 3.8) is 0 Å². The molecule has 256 valence electrons. The van der Waals surface area contributed by atoms with Gasteiger partial charge in [-0.1, -0.05) is 74.5 Å². The number of hydrogen-bond acceptors (Lipinski definition) is 9. The summed E-state index contributed by atoms with van der Waals surface area (Å²) in [5, 5.41) is 16.8. The Labute approximate surface area is 292 Å². The molecule has 0 radical (unpaired) electrons. The molecule has 2 heterocycles. The number of carbonyl (C=O) groups is 2. The smallest absolute Gasteiger partial charge is 0.265 e. The summed E-state index contributed by atoms with van der Waals surface area (Å²) in [7, 11) is 3.75. The second kappa shape index (κ2) is 14.3. The molecule has 9 nitrogen and oxygen atoms in total. The predicted molar refractivity (Wildman–Crippen MR) is 183 cm³/mol. The van der Waals surface area contributed by atoms with Crippen molar-refractivity contribution in [1.29, 1.82) is 0 Å². The lowest BCUT2D eigenvalue weighted by atomic mass is 9.63. The molecule has 3 atom stereocenters. The van der Waals surface area contributed by atoms with Crippen molar-refractivity contribution < 1.29 is 37.8 Å². The van der Waals surface area contributed by atoms with E-state index in [-0.39, 0.29) is 75.6 Å². The molecule has 1 aromatic heterocycles. The number of rotatable bonds is 7. The molecule has 0 bridgehead atoms. The number of aliphatic hydroxyl groups excluding tert-OH is 1. The zero-order valence-corrected chi connectivity index (χ0v) is 29.4. The summed E-state index contributed by atoms with van der Waals surface area (Å²) in [6.07, 6.45) is 0.986. The Morgan fingerprint density at radius 2 is 1.59 bits per heavy atom. The summed E-state index contributed by atoms with van der Waals surface area (Å²) in [4.78, 5) is 28.4. The zero-order chi connectivity index (χ0) is 34.9. The van der Waals surface area contributed by atoms with Gasteiger partial charge in [-0.05, 0) is 65.1 Å². The van der Waals surface area contributed by atoms with Crippen LogP contribution in [0.5, 0.6) is 11.6 Å². The predicted octanol–water partition coefficient (Wildman–Crippen LogP) is 6.93. The fourth-order valence-electron chi connectivity index (χ4n) is 7.00. The molecule has 4 aliphatic rings. The summed E-state index contributed by atoms with van der Waals surface area (Å²) < 4.78 is 39.8. The molecule has 11 heteroatoms. The summed E-state index contributed by atoms with van der Waals surface area (Å²) >= 11 is 3.39. The normalized spacial score (nSPS) is 20.9. The molecule has 1 saturated heterocycles. The lowest BCUT2D eigenvalue weighted by molar-refractivity contribution is 0.0734. The summed E-state index contributed by atoms with van der Waals surface area (Å²) in [5.41, 5.74) is 1.41. The first-order chi connectivity index (χ1) is 23.8. The third-order valence-corrected chi connectivity index (χ3v) is 9.97. The lowest BCUT2D eigenvalue weighted by Crippen LogP contribution is -2.44. The number of aliphatic hydroxyl groups is 1. The molecule has 1 spiro atoms. The maximum atomic E-state index is 15.9. The van der Waals surface area contributed by atoms with Crippen LogP contribution in [-0.2, 0) is 37.4 Å². The molecule has 1 aliphatic heterocycles. The van der Waals surface area contributed by atoms with Crippen molar-refractivity contribution in [2.75, 3.05) is 14.1 Å². The van der Waals surface area contributed by atoms with E-state index in [1.165, 1.54) is 0 Å². The molecular weight excluding hydrogens is 695 g/mol. The number of Topliss-reactive ketones (excluding diaryl/α,β-unsaturated/α-hetero) is 2. The number of epoxide rings is 1. The quantitative estimate of drug-likeness (QED) is 0.195. The number of aromatic nitrogens is 1. The van der Waals surface area contributed by atoms with E-state index in [1.807, 2.05) is 88.6 Å². The Hall–Kier alpha value is -4.32. The van der Waals surface area contributed by atoms with E-state index >= 15 is 4.39 Å². The van der Waals surface area contributed by atoms with E-state index in [2.05, 4.69) is 26.4 Å². The van der Waals surface area contributed by atoms with E-state index in [9.17, 15) is 14.7 Å². The second-order valence-electron chi connectivity index (χ2n) is 12.1. The topological polar surface area (TPSA) is 123 Å². The molecule has 2 N–H and O–H groups in total. The van der Waals surface area contributed by atoms with Gasteiger partial charge in [-0.25, -0.2) is 4.39 Å². The van der Waals surface area contributed by atoms with Crippen molar-refractivity contribution in [1.82, 2.24) is 10.5 Å². The molecule has 4 aromatic rings. The zero-order valence-electron chi connectivity index (χ0n) is 27.8. The number of allylic oxidation sites excluding steroid dienone is 1. The highest BCUT2D eigenvalue weighted by Crippen LogP contribution is 2.63. The number of nitrogens with zero attached hydrogens (tertiary/aromatic N) is 1. The van der Waals surface area contributed by atoms with Gasteiger partial charge in [0.05, 0.1) is 16.6 Å². The van der Waals surface area contributed by atoms with Crippen LogP contribution in [0.3, 0.4) is 0 Å². The number of nitrogens with one attached hydrogen (secondary N) is 1. The van der Waals surface area contributed by atoms with E-state index in [0.717, 1.165) is 11.1 Å². The Morgan fingerprint density at radius 1 is 0.980 bits per heavy atom. The minimum Gasteiger partial charge on any atom is -0.487 e. The Morgan fingerprint density at radius 3 is 2.20 bits per heavy atom. The van der Waals surface area contributed by atoms with E-state index in [0.29, 0.717) is 29.9 Å². The Kier molecular flexibility index (Phi) is 10.1. The van der Waals surface area contributed by atoms with E-state index in [4.69, 9.17) is 18.7 Å². The fourth-order valence-corrected chi connectivity index (χ4v) is 7.61. The van der Waals surface area contributed by atoms with Gasteiger partial charge in [0, 0.05) is 29.0 Å². The molecule has 0 saturated carbocycles. The van der Waals surface area contributed by atoms with E-state index < -0.39 is 23.8 Å². The number of hydrogen-bond donors (Lipinski definition) is 2. The fraction of sp³-hybridized carbons (Fsp3) is 0.342. The van der Waals surface area contributed by atoms with Crippen molar-refractivity contribution >= 4 is 27.5 Å². The number of benzene rings is 3. The summed E-state index contributed by atoms with van der Waals surface area (Å²) in [5.74, 6) is -1.07. The highest BCUT2D eigenvalue weighted by atomic mass is 79.9. The Bertz CT molecular complexity index is 1910. The highest BCUT2D eigenvalue weighted by molar-refractivity contribution is 9.10. The van der Waals surface area contributed by atoms with Gasteiger partial charge in [0.2, 0.25) is 11.4 Å². The van der Waals surface area contributed by atoms with Gasteiger partial charge in [-0.3, -0.25) is 9.59 Å². The number of fused-ring (bicyclic) bond motifs is 3. The first-order valence-electron chi connectivity index (χ1n) is 16.4. The molecule has 1 unspecified atom stereocenters. The van der Waals surface area contributed by atoms with Crippen molar-refractivity contribution in [3.05, 3.63) is 121 Å². The number of halogens is 2. The molecule has 49 heavy (non-hydrogen) atoms. The van der Waals surface area contributed by atoms with Gasteiger partial charge >= 0.3 is 0 Å². The van der Waals surface area contributed by atoms with Crippen molar-refractivity contribution in [2.24, 2.45) is 11.8 Å². The standard InChI is InChI=1S/C34H25BrFNO7.C2H7N.C2H6/c35-27-22(14-38)28(36)21-12-19-11-20-13-23-26(33(37-44-23)42-16-18-9-5-2-6-10-18)31(40)34(20)32(43-34)24(19)29(39)25(21)30(27)41-15-17-7-3-1-4-8-17;1-3-2;1-2/h1-10,19-20,38H,11-16H2;3H,1-2H3;1-2H3/t19?,20-,34+;;/m0../s1. The van der Waals surface area contributed by atoms with Crippen LogP contribution < -0.4 is 14.8 Å². The van der Waals surface area contributed by atoms with Crippen LogP contribution in [0.15, 0.2) is 81.0 Å². The molecule has 8 rings (SSSR count). The summed E-state index contributed by atoms with van der Waals surface area (Å²) in [6, 6.07) is 18.9. The van der Waals surface area contributed by atoms with Crippen molar-refractivity contribution in [3.8, 4) is 11.6 Å². The van der Waals surface area contributed by atoms with Crippen LogP contribution >= 0.6 is 15.9 Å². The van der Waals surface area contributed by atoms with Crippen LogP contribution in [0.4, 0.5) is 4.39 Å². The van der Waals surface area contributed by atoms with Gasteiger partial charge in [0.25, 0.3) is 5.88 Å².